The van der Waals surface area contributed by atoms with Gasteiger partial charge in [-0.15, -0.1) is 0 Å². The molecule has 1 amide bonds. The lowest BCUT2D eigenvalue weighted by molar-refractivity contribution is -0.134. The lowest BCUT2D eigenvalue weighted by Crippen LogP contribution is -2.45. The molecule has 0 unspecified atom stereocenters. The Bertz CT molecular complexity index is 802. The van der Waals surface area contributed by atoms with Crippen LogP contribution in [0.25, 0.3) is 0 Å². The number of likely N-dealkylation sites (N-methyl/N-ethyl adjacent to an activating group) is 1. The molecule has 0 saturated carbocycles. The number of fused-ring (bicyclic) bond motifs is 1. The van der Waals surface area contributed by atoms with Crippen molar-refractivity contribution in [2.45, 2.75) is 20.0 Å². The number of ketones is 1. The van der Waals surface area contributed by atoms with Crippen molar-refractivity contribution in [1.29, 1.82) is 0 Å². The summed E-state index contributed by atoms with van der Waals surface area (Å²) < 4.78 is 17.2. The molecule has 0 fully saturated rings. The molecule has 1 aliphatic heterocycles. The van der Waals surface area contributed by atoms with Gasteiger partial charge in [0.15, 0.2) is 30.0 Å². The van der Waals surface area contributed by atoms with E-state index in [9.17, 15) is 9.59 Å². The highest BCUT2D eigenvalue weighted by Crippen LogP contribution is 2.31. The van der Waals surface area contributed by atoms with Crippen LogP contribution in [0.3, 0.4) is 0 Å². The maximum absolute atomic E-state index is 12.5. The number of para-hydroxylation sites is 2. The number of ether oxygens (including phenoxy) is 3. The van der Waals surface area contributed by atoms with Crippen LogP contribution in [0, 0.1) is 0 Å². The lowest BCUT2D eigenvalue weighted by atomic mass is 10.1. The molecular weight excluding hydrogens is 346 g/mol. The van der Waals surface area contributed by atoms with Gasteiger partial charge in [-0.05, 0) is 50.2 Å². The number of amides is 1. The van der Waals surface area contributed by atoms with E-state index < -0.39 is 0 Å². The van der Waals surface area contributed by atoms with E-state index in [1.165, 1.54) is 6.92 Å². The smallest absolute Gasteiger partial charge is 0.260 e. The second-order valence-electron chi connectivity index (χ2n) is 6.30. The van der Waals surface area contributed by atoms with Crippen molar-refractivity contribution in [3.8, 4) is 17.2 Å². The molecule has 0 aromatic heterocycles. The summed E-state index contributed by atoms with van der Waals surface area (Å²) in [5, 5.41) is 0. The topological polar surface area (TPSA) is 65.1 Å². The van der Waals surface area contributed by atoms with Crippen molar-refractivity contribution in [3.63, 3.8) is 0 Å². The van der Waals surface area contributed by atoms with Gasteiger partial charge in [0.25, 0.3) is 5.91 Å². The van der Waals surface area contributed by atoms with Crippen LogP contribution < -0.4 is 14.2 Å². The minimum Gasteiger partial charge on any atom is -0.486 e. The Labute approximate surface area is 158 Å². The third-order valence-electron chi connectivity index (χ3n) is 4.35. The van der Waals surface area contributed by atoms with E-state index in [4.69, 9.17) is 14.2 Å². The number of carbonyl (C=O) groups is 2. The summed E-state index contributed by atoms with van der Waals surface area (Å²) in [6.07, 6.45) is -0.223. The van der Waals surface area contributed by atoms with Gasteiger partial charge in [-0.1, -0.05) is 12.1 Å². The number of hydrogen-bond acceptors (Lipinski definition) is 5. The summed E-state index contributed by atoms with van der Waals surface area (Å²) in [6.45, 7) is 4.72. The fourth-order valence-corrected chi connectivity index (χ4v) is 2.83. The van der Waals surface area contributed by atoms with Gasteiger partial charge in [0, 0.05) is 12.1 Å². The molecule has 1 atom stereocenters. The first-order chi connectivity index (χ1) is 13.1. The van der Waals surface area contributed by atoms with E-state index in [0.717, 1.165) is 5.75 Å². The van der Waals surface area contributed by atoms with Gasteiger partial charge in [-0.25, -0.2) is 0 Å². The summed E-state index contributed by atoms with van der Waals surface area (Å²) in [4.78, 5) is 25.5. The molecule has 2 aromatic rings. The summed E-state index contributed by atoms with van der Waals surface area (Å²) in [5.41, 5.74) is 0.610. The molecule has 0 spiro atoms. The molecule has 142 valence electrons. The van der Waals surface area contributed by atoms with Gasteiger partial charge in [0.2, 0.25) is 0 Å². The molecule has 0 aliphatic carbocycles. The summed E-state index contributed by atoms with van der Waals surface area (Å²) >= 11 is 0. The highest BCUT2D eigenvalue weighted by molar-refractivity contribution is 5.94. The molecule has 0 N–H and O–H groups in total. The number of Topliss-reactive ketones (excluding diaryl/α,β-unsaturated/α-hetero) is 1. The molecule has 0 bridgehead atoms. The van der Waals surface area contributed by atoms with Crippen molar-refractivity contribution >= 4 is 11.7 Å². The van der Waals surface area contributed by atoms with Crippen LogP contribution in [0.4, 0.5) is 0 Å². The second-order valence-corrected chi connectivity index (χ2v) is 6.30. The zero-order valence-corrected chi connectivity index (χ0v) is 15.5. The van der Waals surface area contributed by atoms with Crippen molar-refractivity contribution < 1.29 is 23.8 Å². The van der Waals surface area contributed by atoms with Crippen molar-refractivity contribution in [1.82, 2.24) is 4.90 Å². The molecule has 6 heteroatoms. The van der Waals surface area contributed by atoms with Gasteiger partial charge >= 0.3 is 0 Å². The van der Waals surface area contributed by atoms with E-state index >= 15 is 0 Å². The first-order valence-corrected chi connectivity index (χ1v) is 8.97. The number of hydrogen-bond donors (Lipinski definition) is 0. The molecule has 1 aliphatic rings. The molecule has 27 heavy (non-hydrogen) atoms. The fraction of sp³-hybridized carbons (Fsp3) is 0.333. The van der Waals surface area contributed by atoms with Gasteiger partial charge < -0.3 is 19.1 Å². The minimum absolute atomic E-state index is 0.00828. The molecule has 0 radical (unpaired) electrons. The third kappa shape index (κ3) is 4.78. The van der Waals surface area contributed by atoms with E-state index in [1.54, 1.807) is 29.2 Å². The Morgan fingerprint density at radius 1 is 1.11 bits per heavy atom. The molecule has 3 rings (SSSR count). The van der Waals surface area contributed by atoms with E-state index in [0.29, 0.717) is 36.8 Å². The quantitative estimate of drug-likeness (QED) is 0.702. The van der Waals surface area contributed by atoms with Crippen LogP contribution in [0.2, 0.25) is 0 Å². The van der Waals surface area contributed by atoms with E-state index in [1.807, 2.05) is 31.2 Å². The maximum atomic E-state index is 12.5. The fourth-order valence-electron chi connectivity index (χ4n) is 2.83. The molecule has 2 aromatic carbocycles. The number of carbonyl (C=O) groups excluding carboxylic acids is 2. The molecule has 6 nitrogen and oxygen atoms in total. The van der Waals surface area contributed by atoms with Gasteiger partial charge in [-0.2, -0.15) is 0 Å². The van der Waals surface area contributed by atoms with Gasteiger partial charge in [-0.3, -0.25) is 9.59 Å². The van der Waals surface area contributed by atoms with Crippen molar-refractivity contribution in [3.05, 3.63) is 54.1 Å². The summed E-state index contributed by atoms with van der Waals surface area (Å²) in [7, 11) is 0. The van der Waals surface area contributed by atoms with Crippen LogP contribution in [0.15, 0.2) is 48.5 Å². The average molecular weight is 369 g/mol. The highest BCUT2D eigenvalue weighted by Gasteiger charge is 2.24. The van der Waals surface area contributed by atoms with E-state index in [-0.39, 0.29) is 24.4 Å². The zero-order valence-electron chi connectivity index (χ0n) is 15.5. The number of rotatable bonds is 7. The maximum Gasteiger partial charge on any atom is 0.260 e. The Morgan fingerprint density at radius 3 is 2.48 bits per heavy atom. The summed E-state index contributed by atoms with van der Waals surface area (Å²) in [5.74, 6) is 1.83. The standard InChI is InChI=1S/C21H23NO5/c1-3-22(12-18-13-26-19-6-4-5-7-20(19)27-18)21(24)14-25-17-10-8-16(9-11-17)15(2)23/h4-11,18H,3,12-14H2,1-2H3/t18-/m0/s1. The molecular formula is C21H23NO5. The first kappa shape index (κ1) is 18.8. The largest absolute Gasteiger partial charge is 0.486 e. The second kappa shape index (κ2) is 8.58. The first-order valence-electron chi connectivity index (χ1n) is 8.97. The van der Waals surface area contributed by atoms with Gasteiger partial charge in [0.1, 0.15) is 12.4 Å². The zero-order chi connectivity index (χ0) is 19.2. The normalized spacial score (nSPS) is 15.1. The average Bonchev–Trinajstić information content (AvgIpc) is 2.70. The Kier molecular flexibility index (Phi) is 5.96. The van der Waals surface area contributed by atoms with Crippen molar-refractivity contribution in [2.75, 3.05) is 26.3 Å². The van der Waals surface area contributed by atoms with E-state index in [2.05, 4.69) is 0 Å². The monoisotopic (exact) mass is 369 g/mol. The van der Waals surface area contributed by atoms with Crippen LogP contribution in [-0.2, 0) is 4.79 Å². The summed E-state index contributed by atoms with van der Waals surface area (Å²) in [6, 6.07) is 14.2. The van der Waals surface area contributed by atoms with Crippen molar-refractivity contribution in [2.24, 2.45) is 0 Å². The third-order valence-corrected chi connectivity index (χ3v) is 4.35. The highest BCUT2D eigenvalue weighted by atomic mass is 16.6. The Balaban J connectivity index is 1.53. The predicted molar refractivity (Wildman–Crippen MR) is 101 cm³/mol. The number of benzene rings is 2. The minimum atomic E-state index is -0.223. The van der Waals surface area contributed by atoms with Crippen LogP contribution in [0.5, 0.6) is 17.2 Å². The Hall–Kier alpha value is -3.02. The van der Waals surface area contributed by atoms with Crippen LogP contribution in [0.1, 0.15) is 24.2 Å². The molecule has 1 heterocycles. The lowest BCUT2D eigenvalue weighted by Gasteiger charge is -2.30. The predicted octanol–water partition coefficient (Wildman–Crippen LogP) is 2.96. The molecule has 0 saturated heterocycles. The Morgan fingerprint density at radius 2 is 1.81 bits per heavy atom. The van der Waals surface area contributed by atoms with Gasteiger partial charge in [0.05, 0.1) is 6.54 Å². The van der Waals surface area contributed by atoms with Crippen LogP contribution in [-0.4, -0.2) is 49.0 Å². The van der Waals surface area contributed by atoms with Crippen LogP contribution >= 0.6 is 0 Å². The number of nitrogens with zero attached hydrogens (tertiary/aromatic N) is 1. The SMILES string of the molecule is CCN(C[C@H]1COc2ccccc2O1)C(=O)COc1ccc(C(C)=O)cc1.